The molecule has 146 valence electrons. The number of methoxy groups -OCH3 is 1. The monoisotopic (exact) mass is 401 g/mol. The molecule has 1 heterocycles. The van der Waals surface area contributed by atoms with Gasteiger partial charge in [0.05, 0.1) is 19.2 Å². The highest BCUT2D eigenvalue weighted by Crippen LogP contribution is 2.27. The molecule has 8 heteroatoms. The van der Waals surface area contributed by atoms with Crippen molar-refractivity contribution < 1.29 is 18.7 Å². The fourth-order valence-electron chi connectivity index (χ4n) is 3.12. The van der Waals surface area contributed by atoms with Crippen molar-refractivity contribution in [2.45, 2.75) is 19.0 Å². The number of hydrogen-bond acceptors (Lipinski definition) is 4. The number of carbonyl (C=O) groups is 2. The van der Waals surface area contributed by atoms with Crippen LogP contribution >= 0.6 is 12.2 Å². The summed E-state index contributed by atoms with van der Waals surface area (Å²) >= 11 is 5.38. The van der Waals surface area contributed by atoms with E-state index in [0.717, 1.165) is 16.2 Å². The number of thiocarbonyl (C=S) groups is 1. The quantitative estimate of drug-likeness (QED) is 0.614. The molecule has 2 aromatic rings. The minimum absolute atomic E-state index is 0.00577. The summed E-state index contributed by atoms with van der Waals surface area (Å²) in [5.41, 5.74) is 1.26. The molecule has 1 atom stereocenters. The highest BCUT2D eigenvalue weighted by Gasteiger charge is 2.43. The summed E-state index contributed by atoms with van der Waals surface area (Å²) < 4.78 is 18.4. The summed E-state index contributed by atoms with van der Waals surface area (Å²) in [7, 11) is 3.26. The second kappa shape index (κ2) is 8.35. The third-order valence-corrected chi connectivity index (χ3v) is 5.01. The Kier molecular flexibility index (Phi) is 5.89. The Hall–Kier alpha value is -3.00. The van der Waals surface area contributed by atoms with Gasteiger partial charge in [0, 0.05) is 13.6 Å². The number of ether oxygens (including phenoxy) is 1. The largest absolute Gasteiger partial charge is 0.497 e. The Labute approximate surface area is 167 Å². The number of nitrogens with one attached hydrogen (secondary N) is 1. The van der Waals surface area contributed by atoms with Crippen molar-refractivity contribution in [1.29, 1.82) is 0 Å². The van der Waals surface area contributed by atoms with E-state index in [1.54, 1.807) is 19.1 Å². The average molecular weight is 401 g/mol. The number of carbonyl (C=O) groups excluding carboxylic acids is 2. The van der Waals surface area contributed by atoms with Gasteiger partial charge in [-0.05, 0) is 54.2 Å². The fourth-order valence-corrected chi connectivity index (χ4v) is 3.31. The lowest BCUT2D eigenvalue weighted by atomic mass is 10.1. The van der Waals surface area contributed by atoms with Gasteiger partial charge in [-0.3, -0.25) is 9.59 Å². The summed E-state index contributed by atoms with van der Waals surface area (Å²) in [4.78, 5) is 28.3. The molecule has 0 bridgehead atoms. The SMILES string of the molecule is CNC(=S)N(Cc1ccc(OC)cc1)C1CC(=O)N(c2ccc(F)cc2)C1=O. The zero-order chi connectivity index (χ0) is 20.3. The standard InChI is InChI=1S/C20H20FN3O3S/c1-22-20(28)23(12-13-3-9-16(27-2)10-4-13)17-11-18(25)24(19(17)26)15-7-5-14(21)6-8-15/h3-10,17H,11-12H2,1-2H3,(H,22,28). The smallest absolute Gasteiger partial charge is 0.257 e. The first-order valence-corrected chi connectivity index (χ1v) is 9.09. The molecule has 0 saturated carbocycles. The number of benzene rings is 2. The predicted molar refractivity (Wildman–Crippen MR) is 107 cm³/mol. The lowest BCUT2D eigenvalue weighted by molar-refractivity contribution is -0.122. The molecule has 1 N–H and O–H groups in total. The van der Waals surface area contributed by atoms with Crippen LogP contribution in [0.2, 0.25) is 0 Å². The van der Waals surface area contributed by atoms with Crippen molar-refractivity contribution in [1.82, 2.24) is 10.2 Å². The van der Waals surface area contributed by atoms with Gasteiger partial charge in [0.25, 0.3) is 5.91 Å². The minimum atomic E-state index is -0.736. The van der Waals surface area contributed by atoms with Crippen molar-refractivity contribution in [3.05, 3.63) is 59.9 Å². The lowest BCUT2D eigenvalue weighted by Crippen LogP contribution is -2.48. The first-order valence-electron chi connectivity index (χ1n) is 8.68. The lowest BCUT2D eigenvalue weighted by Gasteiger charge is -2.29. The topological polar surface area (TPSA) is 61.9 Å². The van der Waals surface area contributed by atoms with E-state index >= 15 is 0 Å². The van der Waals surface area contributed by atoms with Crippen LogP contribution in [0.1, 0.15) is 12.0 Å². The van der Waals surface area contributed by atoms with Crippen LogP contribution in [0.25, 0.3) is 0 Å². The molecule has 0 spiro atoms. The van der Waals surface area contributed by atoms with E-state index in [9.17, 15) is 14.0 Å². The van der Waals surface area contributed by atoms with Crippen LogP contribution < -0.4 is 15.0 Å². The molecular formula is C20H20FN3O3S. The van der Waals surface area contributed by atoms with E-state index in [1.807, 2.05) is 24.3 Å². The van der Waals surface area contributed by atoms with E-state index in [1.165, 1.54) is 24.3 Å². The summed E-state index contributed by atoms with van der Waals surface area (Å²) in [6.45, 7) is 0.352. The van der Waals surface area contributed by atoms with Gasteiger partial charge in [-0.2, -0.15) is 0 Å². The van der Waals surface area contributed by atoms with Gasteiger partial charge in [0.2, 0.25) is 5.91 Å². The van der Waals surface area contributed by atoms with E-state index in [4.69, 9.17) is 17.0 Å². The zero-order valence-corrected chi connectivity index (χ0v) is 16.3. The number of halogens is 1. The molecule has 1 unspecified atom stereocenters. The molecule has 0 aliphatic carbocycles. The number of nitrogens with zero attached hydrogens (tertiary/aromatic N) is 2. The first-order chi connectivity index (χ1) is 13.4. The van der Waals surface area contributed by atoms with E-state index in [2.05, 4.69) is 5.32 Å². The molecule has 0 aromatic heterocycles. The summed E-state index contributed by atoms with van der Waals surface area (Å²) in [5.74, 6) is -0.444. The molecule has 1 saturated heterocycles. The molecule has 28 heavy (non-hydrogen) atoms. The van der Waals surface area contributed by atoms with Crippen LogP contribution in [0.3, 0.4) is 0 Å². The van der Waals surface area contributed by atoms with Crippen molar-refractivity contribution >= 4 is 34.8 Å². The molecule has 1 fully saturated rings. The minimum Gasteiger partial charge on any atom is -0.497 e. The molecular weight excluding hydrogens is 381 g/mol. The van der Waals surface area contributed by atoms with Crippen molar-refractivity contribution in [3.8, 4) is 5.75 Å². The maximum absolute atomic E-state index is 13.2. The maximum atomic E-state index is 13.2. The third-order valence-electron chi connectivity index (χ3n) is 4.57. The van der Waals surface area contributed by atoms with E-state index in [-0.39, 0.29) is 18.2 Å². The van der Waals surface area contributed by atoms with Crippen LogP contribution in [-0.2, 0) is 16.1 Å². The van der Waals surface area contributed by atoms with Gasteiger partial charge < -0.3 is 15.0 Å². The highest BCUT2D eigenvalue weighted by molar-refractivity contribution is 7.80. The molecule has 1 aliphatic heterocycles. The summed E-state index contributed by atoms with van der Waals surface area (Å²) in [6.07, 6.45) is -0.00577. The van der Waals surface area contributed by atoms with Gasteiger partial charge in [-0.15, -0.1) is 0 Å². The second-order valence-corrected chi connectivity index (χ2v) is 6.68. The third kappa shape index (κ3) is 3.96. The number of hydrogen-bond donors (Lipinski definition) is 1. The summed E-state index contributed by atoms with van der Waals surface area (Å²) in [5, 5.41) is 3.25. The predicted octanol–water partition coefficient (Wildman–Crippen LogP) is 2.47. The van der Waals surface area contributed by atoms with Gasteiger partial charge in [0.15, 0.2) is 5.11 Å². The molecule has 0 radical (unpaired) electrons. The van der Waals surface area contributed by atoms with E-state index in [0.29, 0.717) is 17.3 Å². The van der Waals surface area contributed by atoms with Gasteiger partial charge in [-0.1, -0.05) is 12.1 Å². The van der Waals surface area contributed by atoms with Crippen molar-refractivity contribution in [3.63, 3.8) is 0 Å². The molecule has 6 nitrogen and oxygen atoms in total. The zero-order valence-electron chi connectivity index (χ0n) is 15.5. The molecule has 3 rings (SSSR count). The van der Waals surface area contributed by atoms with Crippen molar-refractivity contribution in [2.24, 2.45) is 0 Å². The normalized spacial score (nSPS) is 16.2. The Balaban J connectivity index is 1.85. The first kappa shape index (κ1) is 19.8. The Morgan fingerprint density at radius 3 is 2.43 bits per heavy atom. The maximum Gasteiger partial charge on any atom is 0.257 e. The Bertz CT molecular complexity index is 887. The average Bonchev–Trinajstić information content (AvgIpc) is 3.00. The Morgan fingerprint density at radius 1 is 1.21 bits per heavy atom. The van der Waals surface area contributed by atoms with Crippen molar-refractivity contribution in [2.75, 3.05) is 19.1 Å². The second-order valence-electron chi connectivity index (χ2n) is 6.29. The molecule has 2 amide bonds. The van der Waals surface area contributed by atoms with Gasteiger partial charge >= 0.3 is 0 Å². The highest BCUT2D eigenvalue weighted by atomic mass is 32.1. The fraction of sp³-hybridized carbons (Fsp3) is 0.250. The number of amides is 2. The number of rotatable bonds is 5. The van der Waals surface area contributed by atoms with Crippen LogP contribution in [0.15, 0.2) is 48.5 Å². The molecule has 2 aromatic carbocycles. The van der Waals surface area contributed by atoms with Gasteiger partial charge in [0.1, 0.15) is 17.6 Å². The molecule has 1 aliphatic rings. The van der Waals surface area contributed by atoms with Crippen LogP contribution in [0.4, 0.5) is 10.1 Å². The van der Waals surface area contributed by atoms with Crippen LogP contribution in [-0.4, -0.2) is 42.0 Å². The van der Waals surface area contributed by atoms with Crippen LogP contribution in [0, 0.1) is 5.82 Å². The van der Waals surface area contributed by atoms with Crippen LogP contribution in [0.5, 0.6) is 5.75 Å². The van der Waals surface area contributed by atoms with Gasteiger partial charge in [-0.25, -0.2) is 9.29 Å². The number of anilines is 1. The number of imide groups is 1. The Morgan fingerprint density at radius 2 is 1.86 bits per heavy atom. The van der Waals surface area contributed by atoms with E-state index < -0.39 is 11.9 Å². The summed E-state index contributed by atoms with van der Waals surface area (Å²) in [6, 6.07) is 11.9.